The van der Waals surface area contributed by atoms with Crippen LogP contribution >= 0.6 is 0 Å². The Morgan fingerprint density at radius 2 is 1.33 bits per heavy atom. The van der Waals surface area contributed by atoms with Crippen LogP contribution in [-0.4, -0.2) is 39.1 Å². The van der Waals surface area contributed by atoms with Crippen LogP contribution in [0.3, 0.4) is 0 Å². The highest BCUT2D eigenvalue weighted by Crippen LogP contribution is 2.14. The molecule has 2 aromatic rings. The van der Waals surface area contributed by atoms with Crippen LogP contribution in [0.2, 0.25) is 0 Å². The minimum absolute atomic E-state index is 0.000289. The van der Waals surface area contributed by atoms with Crippen molar-refractivity contribution in [3.63, 3.8) is 0 Å². The molecule has 2 rings (SSSR count). The van der Waals surface area contributed by atoms with E-state index in [9.17, 15) is 5.11 Å². The third kappa shape index (κ3) is 7.83. The molecule has 0 saturated carbocycles. The molecular formula is C22H28O5. The standard InChI is InChI=1S/C22H28O5/c1-24-21-7-3-18(4-8-21)15-26-14-12-20(11-13-23)17-27-16-19-5-9-22(25-2)10-6-19/h3-11,23H,12-17H2,1-2H3/b20-11-. The molecule has 0 aliphatic heterocycles. The van der Waals surface area contributed by atoms with E-state index in [2.05, 4.69) is 0 Å². The molecule has 0 atom stereocenters. The number of aliphatic hydroxyl groups excluding tert-OH is 1. The summed E-state index contributed by atoms with van der Waals surface area (Å²) in [5.41, 5.74) is 3.20. The van der Waals surface area contributed by atoms with Gasteiger partial charge in [0.1, 0.15) is 11.5 Å². The van der Waals surface area contributed by atoms with Gasteiger partial charge in [0.15, 0.2) is 0 Å². The number of ether oxygens (including phenoxy) is 4. The molecule has 1 N–H and O–H groups in total. The lowest BCUT2D eigenvalue weighted by atomic mass is 10.2. The van der Waals surface area contributed by atoms with Crippen molar-refractivity contribution in [2.24, 2.45) is 0 Å². The summed E-state index contributed by atoms with van der Waals surface area (Å²) in [7, 11) is 3.30. The van der Waals surface area contributed by atoms with Crippen molar-refractivity contribution in [3.05, 3.63) is 71.3 Å². The molecule has 0 aliphatic carbocycles. The second-order valence-corrected chi connectivity index (χ2v) is 6.04. The summed E-state index contributed by atoms with van der Waals surface area (Å²) in [5, 5.41) is 9.20. The molecule has 0 aromatic heterocycles. The molecule has 5 heteroatoms. The Kier molecular flexibility index (Phi) is 9.41. The van der Waals surface area contributed by atoms with Crippen LogP contribution in [0.4, 0.5) is 0 Å². The molecule has 5 nitrogen and oxygen atoms in total. The summed E-state index contributed by atoms with van der Waals surface area (Å²) in [4.78, 5) is 0. The lowest BCUT2D eigenvalue weighted by Crippen LogP contribution is -2.04. The van der Waals surface area contributed by atoms with E-state index < -0.39 is 0 Å². The summed E-state index contributed by atoms with van der Waals surface area (Å²) >= 11 is 0. The minimum Gasteiger partial charge on any atom is -0.497 e. The SMILES string of the molecule is COc1ccc(COCC/C(=C/CO)COCc2ccc(OC)cc2)cc1. The molecule has 0 amide bonds. The normalized spacial score (nSPS) is 11.4. The monoisotopic (exact) mass is 372 g/mol. The van der Waals surface area contributed by atoms with Gasteiger partial charge in [-0.15, -0.1) is 0 Å². The van der Waals surface area contributed by atoms with Gasteiger partial charge in [0, 0.05) is 0 Å². The van der Waals surface area contributed by atoms with E-state index in [0.717, 1.165) is 34.6 Å². The zero-order valence-electron chi connectivity index (χ0n) is 16.0. The van der Waals surface area contributed by atoms with Crippen molar-refractivity contribution < 1.29 is 24.1 Å². The van der Waals surface area contributed by atoms with Crippen molar-refractivity contribution in [1.29, 1.82) is 0 Å². The molecule has 0 heterocycles. The third-order valence-electron chi connectivity index (χ3n) is 4.09. The van der Waals surface area contributed by atoms with Crippen molar-refractivity contribution in [1.82, 2.24) is 0 Å². The fraction of sp³-hybridized carbons (Fsp3) is 0.364. The summed E-state index contributed by atoms with van der Waals surface area (Å²) in [6.45, 7) is 2.10. The Morgan fingerprint density at radius 1 is 0.815 bits per heavy atom. The lowest BCUT2D eigenvalue weighted by molar-refractivity contribution is 0.110. The summed E-state index contributed by atoms with van der Waals surface area (Å²) in [6, 6.07) is 15.6. The minimum atomic E-state index is -0.000289. The first-order valence-electron chi connectivity index (χ1n) is 8.95. The Labute approximate surface area is 161 Å². The highest BCUT2D eigenvalue weighted by Gasteiger charge is 2.01. The van der Waals surface area contributed by atoms with Crippen LogP contribution in [0.15, 0.2) is 60.2 Å². The molecule has 146 valence electrons. The fourth-order valence-electron chi connectivity index (χ4n) is 2.50. The van der Waals surface area contributed by atoms with Crippen molar-refractivity contribution >= 4 is 0 Å². The number of methoxy groups -OCH3 is 2. The Hall–Kier alpha value is -2.34. The molecule has 2 aromatic carbocycles. The highest BCUT2D eigenvalue weighted by atomic mass is 16.5. The van der Waals surface area contributed by atoms with Gasteiger partial charge in [-0.25, -0.2) is 0 Å². The van der Waals surface area contributed by atoms with E-state index in [1.54, 1.807) is 20.3 Å². The molecule has 0 saturated heterocycles. The molecule has 0 bridgehead atoms. The molecule has 27 heavy (non-hydrogen) atoms. The van der Waals surface area contributed by atoms with E-state index >= 15 is 0 Å². The van der Waals surface area contributed by atoms with Gasteiger partial charge in [0.25, 0.3) is 0 Å². The second-order valence-electron chi connectivity index (χ2n) is 6.04. The number of rotatable bonds is 12. The number of aliphatic hydroxyl groups is 1. The van der Waals surface area contributed by atoms with Gasteiger partial charge in [-0.1, -0.05) is 30.3 Å². The summed E-state index contributed by atoms with van der Waals surface area (Å²) in [6.07, 6.45) is 2.50. The maximum atomic E-state index is 9.20. The van der Waals surface area contributed by atoms with Gasteiger partial charge in [-0.2, -0.15) is 0 Å². The zero-order chi connectivity index (χ0) is 19.3. The van der Waals surface area contributed by atoms with Crippen molar-refractivity contribution in [2.75, 3.05) is 34.0 Å². The van der Waals surface area contributed by atoms with E-state index in [1.165, 1.54) is 0 Å². The molecule has 0 spiro atoms. The molecule has 0 aliphatic rings. The van der Waals surface area contributed by atoms with E-state index in [-0.39, 0.29) is 6.61 Å². The van der Waals surface area contributed by atoms with Gasteiger partial charge >= 0.3 is 0 Å². The average molecular weight is 372 g/mol. The van der Waals surface area contributed by atoms with Crippen LogP contribution in [0, 0.1) is 0 Å². The first-order valence-corrected chi connectivity index (χ1v) is 8.95. The highest BCUT2D eigenvalue weighted by molar-refractivity contribution is 5.27. The van der Waals surface area contributed by atoms with Crippen LogP contribution in [0.25, 0.3) is 0 Å². The average Bonchev–Trinajstić information content (AvgIpc) is 2.72. The first kappa shape index (κ1) is 21.0. The first-order chi connectivity index (χ1) is 13.2. The fourth-order valence-corrected chi connectivity index (χ4v) is 2.50. The topological polar surface area (TPSA) is 57.2 Å². The molecule has 0 unspecified atom stereocenters. The van der Waals surface area contributed by atoms with Crippen LogP contribution in [-0.2, 0) is 22.7 Å². The smallest absolute Gasteiger partial charge is 0.118 e. The predicted molar refractivity (Wildman–Crippen MR) is 105 cm³/mol. The maximum Gasteiger partial charge on any atom is 0.118 e. The number of hydrogen-bond donors (Lipinski definition) is 1. The number of benzene rings is 2. The van der Waals surface area contributed by atoms with Crippen LogP contribution in [0.1, 0.15) is 17.5 Å². The van der Waals surface area contributed by atoms with Crippen molar-refractivity contribution in [3.8, 4) is 11.5 Å². The Morgan fingerprint density at radius 3 is 1.81 bits per heavy atom. The molecule has 0 radical (unpaired) electrons. The van der Waals surface area contributed by atoms with Gasteiger partial charge in [-0.05, 0) is 47.4 Å². The van der Waals surface area contributed by atoms with Crippen LogP contribution < -0.4 is 9.47 Å². The van der Waals surface area contributed by atoms with Gasteiger partial charge in [0.2, 0.25) is 0 Å². The zero-order valence-corrected chi connectivity index (χ0v) is 16.0. The molecular weight excluding hydrogens is 344 g/mol. The third-order valence-corrected chi connectivity index (χ3v) is 4.09. The quantitative estimate of drug-likeness (QED) is 0.454. The second kappa shape index (κ2) is 12.1. The van der Waals surface area contributed by atoms with Gasteiger partial charge < -0.3 is 24.1 Å². The van der Waals surface area contributed by atoms with E-state index in [0.29, 0.717) is 26.4 Å². The van der Waals surface area contributed by atoms with Crippen molar-refractivity contribution in [2.45, 2.75) is 19.6 Å². The maximum absolute atomic E-state index is 9.20. The Balaban J connectivity index is 1.68. The van der Waals surface area contributed by atoms with Gasteiger partial charge in [0.05, 0.1) is 47.3 Å². The lowest BCUT2D eigenvalue weighted by Gasteiger charge is -2.10. The summed E-state index contributed by atoms with van der Waals surface area (Å²) < 4.78 is 21.8. The Bertz CT molecular complexity index is 677. The van der Waals surface area contributed by atoms with Gasteiger partial charge in [-0.3, -0.25) is 0 Å². The largest absolute Gasteiger partial charge is 0.497 e. The predicted octanol–water partition coefficient (Wildman–Crippen LogP) is 3.75. The number of hydrogen-bond acceptors (Lipinski definition) is 5. The molecule has 0 fully saturated rings. The summed E-state index contributed by atoms with van der Waals surface area (Å²) in [5.74, 6) is 1.66. The van der Waals surface area contributed by atoms with E-state index in [4.69, 9.17) is 18.9 Å². The van der Waals surface area contributed by atoms with Crippen LogP contribution in [0.5, 0.6) is 11.5 Å². The van der Waals surface area contributed by atoms with E-state index in [1.807, 2.05) is 48.5 Å².